The summed E-state index contributed by atoms with van der Waals surface area (Å²) in [5.41, 5.74) is 5.19. The van der Waals surface area contributed by atoms with Crippen LogP contribution in [0.4, 0.5) is 13.2 Å². The molecule has 2 aliphatic rings. The molecule has 182 valence electrons. The standard InChI is InChI=1S/C26H25F3N4O2/c1-15-9-10-17(16(2)11-15)12-19-14-34-33-24(30-19)23-21-7-4-8-22(21)31-32-25(23)35-20-6-3-5-18(13-20)26(27,28)29/h3,5-6,9-11,13,19H,4,7-8,12,14H2,1-2H3,(H,30,33)/t19-/m1/s1. The van der Waals surface area contributed by atoms with Crippen molar-refractivity contribution in [1.29, 1.82) is 0 Å². The van der Waals surface area contributed by atoms with Gasteiger partial charge >= 0.3 is 6.18 Å². The Labute approximate surface area is 201 Å². The van der Waals surface area contributed by atoms with E-state index >= 15 is 0 Å². The molecule has 0 saturated heterocycles. The molecule has 1 aliphatic carbocycles. The zero-order valence-corrected chi connectivity index (χ0v) is 19.4. The summed E-state index contributed by atoms with van der Waals surface area (Å²) < 4.78 is 45.5. The van der Waals surface area contributed by atoms with E-state index in [2.05, 4.69) is 52.7 Å². The van der Waals surface area contributed by atoms with E-state index in [9.17, 15) is 13.2 Å². The van der Waals surface area contributed by atoms with Crippen molar-refractivity contribution in [3.05, 3.63) is 81.5 Å². The van der Waals surface area contributed by atoms with Gasteiger partial charge in [-0.3, -0.25) is 0 Å². The molecule has 0 fully saturated rings. The van der Waals surface area contributed by atoms with E-state index in [-0.39, 0.29) is 17.7 Å². The second kappa shape index (κ2) is 9.20. The molecular weight excluding hydrogens is 457 g/mol. The Morgan fingerprint density at radius 3 is 2.74 bits per heavy atom. The number of ether oxygens (including phenoxy) is 1. The number of halogens is 3. The first-order valence-corrected chi connectivity index (χ1v) is 11.5. The number of aryl methyl sites for hydroxylation is 3. The molecule has 1 atom stereocenters. The van der Waals surface area contributed by atoms with Crippen molar-refractivity contribution in [2.24, 2.45) is 5.16 Å². The molecule has 35 heavy (non-hydrogen) atoms. The van der Waals surface area contributed by atoms with Crippen molar-refractivity contribution in [3.63, 3.8) is 0 Å². The maximum Gasteiger partial charge on any atom is 0.416 e. The van der Waals surface area contributed by atoms with E-state index < -0.39 is 11.7 Å². The van der Waals surface area contributed by atoms with Crippen LogP contribution in [-0.2, 0) is 30.3 Å². The van der Waals surface area contributed by atoms with Crippen LogP contribution in [0, 0.1) is 13.8 Å². The summed E-state index contributed by atoms with van der Waals surface area (Å²) in [4.78, 5) is 5.59. The Balaban J connectivity index is 1.45. The van der Waals surface area contributed by atoms with Gasteiger partial charge in [-0.05, 0) is 74.4 Å². The van der Waals surface area contributed by atoms with Gasteiger partial charge in [-0.15, -0.1) is 5.10 Å². The maximum atomic E-state index is 13.2. The predicted molar refractivity (Wildman–Crippen MR) is 125 cm³/mol. The second-order valence-corrected chi connectivity index (χ2v) is 9.00. The smallest absolute Gasteiger partial charge is 0.416 e. The second-order valence-electron chi connectivity index (χ2n) is 9.00. The maximum absolute atomic E-state index is 13.2. The van der Waals surface area contributed by atoms with Gasteiger partial charge in [0.25, 0.3) is 0 Å². The lowest BCUT2D eigenvalue weighted by Gasteiger charge is -2.26. The number of nitrogens with one attached hydrogen (secondary N) is 1. The Kier molecular flexibility index (Phi) is 6.08. The molecule has 2 aromatic carbocycles. The zero-order chi connectivity index (χ0) is 24.6. The summed E-state index contributed by atoms with van der Waals surface area (Å²) in [6, 6.07) is 11.0. The highest BCUT2D eigenvalue weighted by Gasteiger charge is 2.32. The van der Waals surface area contributed by atoms with Gasteiger partial charge in [0.2, 0.25) is 5.88 Å². The van der Waals surface area contributed by atoms with Crippen molar-refractivity contribution in [2.45, 2.75) is 51.7 Å². The summed E-state index contributed by atoms with van der Waals surface area (Å²) >= 11 is 0. The highest BCUT2D eigenvalue weighted by Crippen LogP contribution is 2.35. The SMILES string of the molecule is Cc1ccc(C[C@@H]2CON=C(c3c(Oc4cccc(C(F)(F)F)c4)nnc4c3CCC4)N2)c(C)c1. The van der Waals surface area contributed by atoms with Gasteiger partial charge in [0.1, 0.15) is 12.4 Å². The quantitative estimate of drug-likeness (QED) is 0.536. The van der Waals surface area contributed by atoms with Gasteiger partial charge < -0.3 is 14.9 Å². The number of hydrogen-bond donors (Lipinski definition) is 1. The summed E-state index contributed by atoms with van der Waals surface area (Å²) in [6.45, 7) is 4.54. The minimum absolute atomic E-state index is 0.0254. The number of oxime groups is 1. The third-order valence-corrected chi connectivity index (χ3v) is 6.32. The van der Waals surface area contributed by atoms with Gasteiger partial charge in [-0.25, -0.2) is 0 Å². The van der Waals surface area contributed by atoms with Crippen LogP contribution in [-0.4, -0.2) is 28.7 Å². The number of hydrogen-bond acceptors (Lipinski definition) is 6. The highest BCUT2D eigenvalue weighted by molar-refractivity contribution is 6.02. The van der Waals surface area contributed by atoms with Crippen molar-refractivity contribution in [1.82, 2.24) is 15.5 Å². The lowest BCUT2D eigenvalue weighted by molar-refractivity contribution is -0.137. The fraction of sp³-hybridized carbons (Fsp3) is 0.346. The van der Waals surface area contributed by atoms with Crippen molar-refractivity contribution in [2.75, 3.05) is 6.61 Å². The number of rotatable bonds is 5. The zero-order valence-electron chi connectivity index (χ0n) is 19.4. The number of aromatic nitrogens is 2. The average Bonchev–Trinajstić information content (AvgIpc) is 3.29. The number of amidine groups is 1. The van der Waals surface area contributed by atoms with Crippen LogP contribution in [0.3, 0.4) is 0 Å². The minimum Gasteiger partial charge on any atom is -0.437 e. The van der Waals surface area contributed by atoms with E-state index in [0.717, 1.165) is 49.1 Å². The Hall–Kier alpha value is -3.62. The summed E-state index contributed by atoms with van der Waals surface area (Å²) in [5.74, 6) is 0.588. The number of nitrogens with zero attached hydrogens (tertiary/aromatic N) is 3. The summed E-state index contributed by atoms with van der Waals surface area (Å²) in [6.07, 6.45) is -1.31. The minimum atomic E-state index is -4.48. The lowest BCUT2D eigenvalue weighted by Crippen LogP contribution is -2.44. The molecule has 1 aromatic heterocycles. The van der Waals surface area contributed by atoms with E-state index in [1.54, 1.807) is 0 Å². The van der Waals surface area contributed by atoms with E-state index in [1.807, 2.05) is 0 Å². The first-order chi connectivity index (χ1) is 16.8. The van der Waals surface area contributed by atoms with Crippen molar-refractivity contribution >= 4 is 5.84 Å². The van der Waals surface area contributed by atoms with E-state index in [4.69, 9.17) is 9.57 Å². The highest BCUT2D eigenvalue weighted by atomic mass is 19.4. The van der Waals surface area contributed by atoms with Gasteiger partial charge in [0.15, 0.2) is 5.84 Å². The van der Waals surface area contributed by atoms with Crippen LogP contribution in [0.2, 0.25) is 0 Å². The number of benzene rings is 2. The normalized spacial score (nSPS) is 17.3. The molecule has 5 rings (SSSR count). The first kappa shape index (κ1) is 23.1. The molecule has 0 unspecified atom stereocenters. The number of alkyl halides is 3. The third kappa shape index (κ3) is 4.94. The molecule has 0 radical (unpaired) electrons. The Morgan fingerprint density at radius 2 is 1.94 bits per heavy atom. The molecule has 3 aromatic rings. The van der Waals surface area contributed by atoms with Crippen LogP contribution in [0.25, 0.3) is 0 Å². The van der Waals surface area contributed by atoms with E-state index in [1.165, 1.54) is 28.8 Å². The molecule has 6 nitrogen and oxygen atoms in total. The monoisotopic (exact) mass is 482 g/mol. The molecule has 0 spiro atoms. The number of fused-ring (bicyclic) bond motifs is 1. The van der Waals surface area contributed by atoms with Gasteiger partial charge in [0, 0.05) is 0 Å². The lowest BCUT2D eigenvalue weighted by atomic mass is 9.98. The molecule has 1 aliphatic heterocycles. The van der Waals surface area contributed by atoms with Crippen LogP contribution < -0.4 is 10.1 Å². The largest absolute Gasteiger partial charge is 0.437 e. The molecule has 1 N–H and O–H groups in total. The van der Waals surface area contributed by atoms with Crippen LogP contribution in [0.15, 0.2) is 47.6 Å². The predicted octanol–water partition coefficient (Wildman–Crippen LogP) is 5.29. The van der Waals surface area contributed by atoms with Crippen LogP contribution in [0.5, 0.6) is 11.6 Å². The van der Waals surface area contributed by atoms with Crippen molar-refractivity contribution in [3.8, 4) is 11.6 Å². The molecule has 0 amide bonds. The Morgan fingerprint density at radius 1 is 1.09 bits per heavy atom. The van der Waals surface area contributed by atoms with Crippen LogP contribution >= 0.6 is 0 Å². The van der Waals surface area contributed by atoms with Gasteiger partial charge in [0.05, 0.1) is 22.9 Å². The van der Waals surface area contributed by atoms with Gasteiger partial charge in [-0.2, -0.15) is 18.3 Å². The van der Waals surface area contributed by atoms with Gasteiger partial charge in [-0.1, -0.05) is 35.0 Å². The molecule has 0 saturated carbocycles. The molecule has 9 heteroatoms. The van der Waals surface area contributed by atoms with Crippen molar-refractivity contribution < 1.29 is 22.7 Å². The summed E-state index contributed by atoms with van der Waals surface area (Å²) in [7, 11) is 0. The third-order valence-electron chi connectivity index (χ3n) is 6.32. The topological polar surface area (TPSA) is 68.6 Å². The molecular formula is C26H25F3N4O2. The first-order valence-electron chi connectivity index (χ1n) is 11.5. The Bertz CT molecular complexity index is 1290. The molecule has 2 heterocycles. The fourth-order valence-electron chi connectivity index (χ4n) is 4.58. The fourth-order valence-corrected chi connectivity index (χ4v) is 4.58. The van der Waals surface area contributed by atoms with E-state index in [0.29, 0.717) is 18.0 Å². The summed E-state index contributed by atoms with van der Waals surface area (Å²) in [5, 5.41) is 16.2. The molecule has 0 bridgehead atoms. The average molecular weight is 483 g/mol. The van der Waals surface area contributed by atoms with Crippen LogP contribution in [0.1, 0.15) is 45.5 Å².